The van der Waals surface area contributed by atoms with E-state index in [0.717, 1.165) is 25.5 Å². The number of morpholine rings is 1. The number of aromatic nitrogens is 2. The van der Waals surface area contributed by atoms with Crippen molar-refractivity contribution in [1.29, 1.82) is 0 Å². The van der Waals surface area contributed by atoms with Gasteiger partial charge in [0.25, 0.3) is 0 Å². The molecule has 1 aliphatic rings. The molecule has 2 rings (SSSR count). The lowest BCUT2D eigenvalue weighted by molar-refractivity contribution is 0.0754. The highest BCUT2D eigenvalue weighted by molar-refractivity contribution is 5.05. The van der Waals surface area contributed by atoms with Crippen LogP contribution in [0.4, 0.5) is 0 Å². The van der Waals surface area contributed by atoms with Gasteiger partial charge in [-0.05, 0) is 6.07 Å². The van der Waals surface area contributed by atoms with Crippen molar-refractivity contribution in [3.63, 3.8) is 0 Å². The summed E-state index contributed by atoms with van der Waals surface area (Å²) in [7, 11) is 1.92. The van der Waals surface area contributed by atoms with E-state index < -0.39 is 0 Å². The molecule has 0 radical (unpaired) electrons. The molecule has 1 aromatic heterocycles. The molecule has 0 aliphatic carbocycles. The van der Waals surface area contributed by atoms with Gasteiger partial charge in [0.2, 0.25) is 0 Å². The maximum Gasteiger partial charge on any atom is 0.0817 e. The van der Waals surface area contributed by atoms with Crippen LogP contribution in [-0.2, 0) is 11.8 Å². The van der Waals surface area contributed by atoms with Crippen LogP contribution in [0.1, 0.15) is 11.7 Å². The number of ether oxygens (including phenoxy) is 1. The summed E-state index contributed by atoms with van der Waals surface area (Å²) in [5, 5.41) is 7.66. The molecule has 4 heteroatoms. The van der Waals surface area contributed by atoms with Crippen LogP contribution in [0.2, 0.25) is 0 Å². The van der Waals surface area contributed by atoms with E-state index in [1.165, 1.54) is 0 Å². The minimum Gasteiger partial charge on any atom is -0.378 e. The van der Waals surface area contributed by atoms with E-state index in [2.05, 4.69) is 10.4 Å². The summed E-state index contributed by atoms with van der Waals surface area (Å²) in [6.07, 6.45) is 1.95. The van der Waals surface area contributed by atoms with Crippen LogP contribution in [0.5, 0.6) is 0 Å². The van der Waals surface area contributed by atoms with Crippen molar-refractivity contribution in [3.8, 4) is 0 Å². The average molecular weight is 167 g/mol. The summed E-state index contributed by atoms with van der Waals surface area (Å²) in [6, 6.07) is 2.30. The van der Waals surface area contributed by atoms with Crippen molar-refractivity contribution < 1.29 is 4.74 Å². The third kappa shape index (κ3) is 1.49. The Labute approximate surface area is 71.5 Å². The van der Waals surface area contributed by atoms with Crippen LogP contribution in [0.3, 0.4) is 0 Å². The third-order valence-corrected chi connectivity index (χ3v) is 2.01. The summed E-state index contributed by atoms with van der Waals surface area (Å²) in [6.45, 7) is 2.46. The van der Waals surface area contributed by atoms with E-state index in [9.17, 15) is 0 Å². The molecule has 0 spiro atoms. The van der Waals surface area contributed by atoms with Crippen molar-refractivity contribution in [2.24, 2.45) is 7.05 Å². The summed E-state index contributed by atoms with van der Waals surface area (Å²) in [5.74, 6) is 0. The summed E-state index contributed by atoms with van der Waals surface area (Å²) in [5.41, 5.74) is 1.07. The highest BCUT2D eigenvalue weighted by Gasteiger charge is 2.16. The lowest BCUT2D eigenvalue weighted by Crippen LogP contribution is -2.34. The quantitative estimate of drug-likeness (QED) is 0.644. The Balaban J connectivity index is 2.08. The normalized spacial score (nSPS) is 24.2. The van der Waals surface area contributed by atoms with Gasteiger partial charge in [0.15, 0.2) is 0 Å². The van der Waals surface area contributed by atoms with Crippen LogP contribution < -0.4 is 5.32 Å². The van der Waals surface area contributed by atoms with Crippen LogP contribution in [0, 0.1) is 0 Å². The van der Waals surface area contributed by atoms with Crippen molar-refractivity contribution in [1.82, 2.24) is 15.1 Å². The Morgan fingerprint density at radius 1 is 1.75 bits per heavy atom. The smallest absolute Gasteiger partial charge is 0.0817 e. The number of hydrogen-bond acceptors (Lipinski definition) is 3. The molecule has 1 fully saturated rings. The first kappa shape index (κ1) is 7.76. The fourth-order valence-electron chi connectivity index (χ4n) is 1.37. The number of rotatable bonds is 1. The molecular formula is C8H13N3O. The fraction of sp³-hybridized carbons (Fsp3) is 0.625. The van der Waals surface area contributed by atoms with E-state index in [4.69, 9.17) is 4.74 Å². The molecule has 0 amide bonds. The van der Waals surface area contributed by atoms with E-state index in [-0.39, 0.29) is 6.04 Å². The second-order valence-electron chi connectivity index (χ2n) is 3.00. The van der Waals surface area contributed by atoms with Gasteiger partial charge < -0.3 is 10.1 Å². The third-order valence-electron chi connectivity index (χ3n) is 2.01. The number of hydrogen-bond donors (Lipinski definition) is 1. The van der Waals surface area contributed by atoms with Crippen LogP contribution in [0.25, 0.3) is 0 Å². The second-order valence-corrected chi connectivity index (χ2v) is 3.00. The lowest BCUT2D eigenvalue weighted by Gasteiger charge is -2.21. The Hall–Kier alpha value is -0.870. The molecule has 2 heterocycles. The molecular weight excluding hydrogens is 154 g/mol. The molecule has 66 valence electrons. The molecule has 12 heavy (non-hydrogen) atoms. The van der Waals surface area contributed by atoms with Crippen LogP contribution in [-0.4, -0.2) is 29.5 Å². The van der Waals surface area contributed by atoms with Gasteiger partial charge in [-0.2, -0.15) is 5.10 Å². The summed E-state index contributed by atoms with van der Waals surface area (Å²) >= 11 is 0. The van der Waals surface area contributed by atoms with E-state index in [1.54, 1.807) is 0 Å². The maximum absolute atomic E-state index is 5.33. The topological polar surface area (TPSA) is 39.1 Å². The average Bonchev–Trinajstić information content (AvgIpc) is 2.54. The first-order valence-corrected chi connectivity index (χ1v) is 4.17. The second kappa shape index (κ2) is 3.25. The minimum absolute atomic E-state index is 0.278. The zero-order valence-electron chi connectivity index (χ0n) is 7.16. The molecule has 1 saturated heterocycles. The molecule has 0 aromatic carbocycles. The van der Waals surface area contributed by atoms with Gasteiger partial charge in [0.1, 0.15) is 0 Å². The molecule has 1 aliphatic heterocycles. The van der Waals surface area contributed by atoms with Gasteiger partial charge in [0.05, 0.1) is 24.9 Å². The predicted molar refractivity (Wildman–Crippen MR) is 44.8 cm³/mol. The fourth-order valence-corrected chi connectivity index (χ4v) is 1.37. The SMILES string of the molecule is Cn1ccc(C2COCCN2)n1. The van der Waals surface area contributed by atoms with E-state index in [0.29, 0.717) is 0 Å². The Morgan fingerprint density at radius 2 is 2.67 bits per heavy atom. The first-order chi connectivity index (χ1) is 5.86. The molecule has 1 N–H and O–H groups in total. The molecule has 1 unspecified atom stereocenters. The van der Waals surface area contributed by atoms with Gasteiger partial charge in [-0.3, -0.25) is 4.68 Å². The Bertz CT molecular complexity index is 253. The van der Waals surface area contributed by atoms with Crippen LogP contribution >= 0.6 is 0 Å². The molecule has 1 atom stereocenters. The summed E-state index contributed by atoms with van der Waals surface area (Å²) < 4.78 is 7.15. The highest BCUT2D eigenvalue weighted by Crippen LogP contribution is 2.12. The number of nitrogens with zero attached hydrogens (tertiary/aromatic N) is 2. The molecule has 0 bridgehead atoms. The van der Waals surface area contributed by atoms with Crippen molar-refractivity contribution >= 4 is 0 Å². The minimum atomic E-state index is 0.278. The van der Waals surface area contributed by atoms with Crippen molar-refractivity contribution in [2.75, 3.05) is 19.8 Å². The first-order valence-electron chi connectivity index (χ1n) is 4.17. The van der Waals surface area contributed by atoms with E-state index >= 15 is 0 Å². The van der Waals surface area contributed by atoms with Gasteiger partial charge in [-0.15, -0.1) is 0 Å². The van der Waals surface area contributed by atoms with Crippen molar-refractivity contribution in [3.05, 3.63) is 18.0 Å². The van der Waals surface area contributed by atoms with Crippen molar-refractivity contribution in [2.45, 2.75) is 6.04 Å². The zero-order valence-corrected chi connectivity index (χ0v) is 7.16. The number of aryl methyl sites for hydroxylation is 1. The predicted octanol–water partition coefficient (Wildman–Crippen LogP) is 0.0810. The Kier molecular flexibility index (Phi) is 2.10. The van der Waals surface area contributed by atoms with Gasteiger partial charge in [-0.25, -0.2) is 0 Å². The van der Waals surface area contributed by atoms with E-state index in [1.807, 2.05) is 24.0 Å². The summed E-state index contributed by atoms with van der Waals surface area (Å²) in [4.78, 5) is 0. The largest absolute Gasteiger partial charge is 0.378 e. The van der Waals surface area contributed by atoms with Gasteiger partial charge in [-0.1, -0.05) is 0 Å². The lowest BCUT2D eigenvalue weighted by atomic mass is 10.2. The Morgan fingerprint density at radius 3 is 3.25 bits per heavy atom. The highest BCUT2D eigenvalue weighted by atomic mass is 16.5. The standard InChI is InChI=1S/C8H13N3O/c1-11-4-2-7(10-11)8-6-12-5-3-9-8/h2,4,8-9H,3,5-6H2,1H3. The zero-order chi connectivity index (χ0) is 8.39. The molecule has 4 nitrogen and oxygen atoms in total. The van der Waals surface area contributed by atoms with Gasteiger partial charge >= 0.3 is 0 Å². The molecule has 0 saturated carbocycles. The van der Waals surface area contributed by atoms with Crippen LogP contribution in [0.15, 0.2) is 12.3 Å². The maximum atomic E-state index is 5.33. The van der Waals surface area contributed by atoms with Gasteiger partial charge in [0, 0.05) is 19.8 Å². The molecule has 1 aromatic rings. The number of nitrogens with one attached hydrogen (secondary N) is 1. The monoisotopic (exact) mass is 167 g/mol.